The molecule has 1 aromatic rings. The first kappa shape index (κ1) is 14.0. The summed E-state index contributed by atoms with van der Waals surface area (Å²) >= 11 is 0. The highest BCUT2D eigenvalue weighted by Crippen LogP contribution is 2.06. The fourth-order valence-electron chi connectivity index (χ4n) is 2.56. The summed E-state index contributed by atoms with van der Waals surface area (Å²) in [5.41, 5.74) is 6.64. The molecule has 0 bridgehead atoms. The minimum Gasteiger partial charge on any atom is -0.369 e. The molecule has 1 aromatic carbocycles. The summed E-state index contributed by atoms with van der Waals surface area (Å²) in [4.78, 5) is 15.6. The molecule has 1 aliphatic rings. The third-order valence-corrected chi connectivity index (χ3v) is 3.62. The van der Waals surface area contributed by atoms with Crippen molar-refractivity contribution < 1.29 is 4.79 Å². The predicted octanol–water partition coefficient (Wildman–Crippen LogP) is 0.722. The Morgan fingerprint density at radius 3 is 2.47 bits per heavy atom. The molecule has 19 heavy (non-hydrogen) atoms. The average molecular weight is 261 g/mol. The van der Waals surface area contributed by atoms with Crippen LogP contribution in [0.5, 0.6) is 0 Å². The number of carbonyl (C=O) groups is 1. The number of benzene rings is 1. The summed E-state index contributed by atoms with van der Waals surface area (Å²) in [7, 11) is 0. The number of rotatable bonds is 5. The summed E-state index contributed by atoms with van der Waals surface area (Å²) in [6, 6.07) is 10.6. The summed E-state index contributed by atoms with van der Waals surface area (Å²) in [5.74, 6) is -0.224. The van der Waals surface area contributed by atoms with E-state index < -0.39 is 0 Å². The van der Waals surface area contributed by atoms with Crippen molar-refractivity contribution in [2.75, 3.05) is 39.3 Å². The molecule has 1 fully saturated rings. The van der Waals surface area contributed by atoms with Gasteiger partial charge >= 0.3 is 0 Å². The second-order valence-electron chi connectivity index (χ2n) is 5.17. The van der Waals surface area contributed by atoms with Gasteiger partial charge in [0.05, 0.1) is 6.54 Å². The van der Waals surface area contributed by atoms with Crippen LogP contribution < -0.4 is 5.73 Å². The maximum absolute atomic E-state index is 10.9. The normalized spacial score (nSPS) is 18.1. The van der Waals surface area contributed by atoms with E-state index in [4.69, 9.17) is 5.73 Å². The standard InChI is InChI=1S/C15H23N3O/c16-15(19)13-18-9-4-8-17(11-12-18)10-7-14-5-2-1-3-6-14/h1-3,5-6H,4,7-13H2,(H2,16,19). The molecule has 0 saturated carbocycles. The highest BCUT2D eigenvalue weighted by atomic mass is 16.1. The fraction of sp³-hybridized carbons (Fsp3) is 0.533. The van der Waals surface area contributed by atoms with Crippen molar-refractivity contribution in [3.63, 3.8) is 0 Å². The van der Waals surface area contributed by atoms with Gasteiger partial charge in [-0.25, -0.2) is 0 Å². The second-order valence-corrected chi connectivity index (χ2v) is 5.17. The lowest BCUT2D eigenvalue weighted by Gasteiger charge is -2.20. The van der Waals surface area contributed by atoms with Crippen molar-refractivity contribution in [2.45, 2.75) is 12.8 Å². The monoisotopic (exact) mass is 261 g/mol. The molecule has 0 aromatic heterocycles. The van der Waals surface area contributed by atoms with Crippen molar-refractivity contribution in [2.24, 2.45) is 5.73 Å². The van der Waals surface area contributed by atoms with Crippen LogP contribution in [0.1, 0.15) is 12.0 Å². The van der Waals surface area contributed by atoms with Crippen molar-refractivity contribution in [3.8, 4) is 0 Å². The number of nitrogens with zero attached hydrogens (tertiary/aromatic N) is 2. The first-order chi connectivity index (χ1) is 9.24. The van der Waals surface area contributed by atoms with Crippen molar-refractivity contribution in [3.05, 3.63) is 35.9 Å². The molecule has 104 valence electrons. The van der Waals surface area contributed by atoms with Crippen molar-refractivity contribution >= 4 is 5.91 Å². The van der Waals surface area contributed by atoms with E-state index in [1.54, 1.807) is 0 Å². The number of carbonyl (C=O) groups excluding carboxylic acids is 1. The molecule has 1 aliphatic heterocycles. The Morgan fingerprint density at radius 1 is 1.05 bits per heavy atom. The van der Waals surface area contributed by atoms with Gasteiger partial charge in [-0.05, 0) is 31.5 Å². The van der Waals surface area contributed by atoms with Crippen LogP contribution in [0.25, 0.3) is 0 Å². The molecule has 4 nitrogen and oxygen atoms in total. The SMILES string of the molecule is NC(=O)CN1CCCN(CCc2ccccc2)CC1. The topological polar surface area (TPSA) is 49.6 Å². The molecular weight excluding hydrogens is 238 g/mol. The van der Waals surface area contributed by atoms with Crippen LogP contribution in [0.15, 0.2) is 30.3 Å². The molecule has 0 aliphatic carbocycles. The Labute approximate surface area is 115 Å². The number of nitrogens with two attached hydrogens (primary N) is 1. The third kappa shape index (κ3) is 5.01. The molecule has 2 N–H and O–H groups in total. The van der Waals surface area contributed by atoms with Gasteiger partial charge in [-0.3, -0.25) is 9.69 Å². The van der Waals surface area contributed by atoms with E-state index in [0.717, 1.165) is 45.6 Å². The Morgan fingerprint density at radius 2 is 1.74 bits per heavy atom. The average Bonchev–Trinajstić information content (AvgIpc) is 2.62. The van der Waals surface area contributed by atoms with Crippen LogP contribution in [0.2, 0.25) is 0 Å². The second kappa shape index (κ2) is 7.26. The molecule has 0 radical (unpaired) electrons. The lowest BCUT2D eigenvalue weighted by molar-refractivity contribution is -0.119. The zero-order valence-corrected chi connectivity index (χ0v) is 11.4. The van der Waals surface area contributed by atoms with Gasteiger partial charge in [0.1, 0.15) is 0 Å². The zero-order valence-electron chi connectivity index (χ0n) is 11.4. The Hall–Kier alpha value is -1.39. The number of hydrogen-bond donors (Lipinski definition) is 1. The smallest absolute Gasteiger partial charge is 0.231 e. The summed E-state index contributed by atoms with van der Waals surface area (Å²) in [6.07, 6.45) is 2.21. The Balaban J connectivity index is 1.75. The van der Waals surface area contributed by atoms with E-state index in [2.05, 4.69) is 40.1 Å². The van der Waals surface area contributed by atoms with Gasteiger partial charge < -0.3 is 10.6 Å². The Kier molecular flexibility index (Phi) is 5.36. The summed E-state index contributed by atoms with van der Waals surface area (Å²) in [5, 5.41) is 0. The summed E-state index contributed by atoms with van der Waals surface area (Å²) < 4.78 is 0. The zero-order chi connectivity index (χ0) is 13.5. The van der Waals surface area contributed by atoms with E-state index in [-0.39, 0.29) is 5.91 Å². The van der Waals surface area contributed by atoms with Crippen molar-refractivity contribution in [1.29, 1.82) is 0 Å². The quantitative estimate of drug-likeness (QED) is 0.850. The molecule has 1 heterocycles. The molecule has 1 saturated heterocycles. The van der Waals surface area contributed by atoms with Crippen LogP contribution in [0.3, 0.4) is 0 Å². The molecule has 0 unspecified atom stereocenters. The third-order valence-electron chi connectivity index (χ3n) is 3.62. The van der Waals surface area contributed by atoms with E-state index in [9.17, 15) is 4.79 Å². The first-order valence-corrected chi connectivity index (χ1v) is 7.01. The largest absolute Gasteiger partial charge is 0.369 e. The van der Waals surface area contributed by atoms with Crippen LogP contribution in [-0.4, -0.2) is 55.0 Å². The minimum atomic E-state index is -0.224. The fourth-order valence-corrected chi connectivity index (χ4v) is 2.56. The van der Waals surface area contributed by atoms with Gasteiger partial charge in [0.15, 0.2) is 0 Å². The predicted molar refractivity (Wildman–Crippen MR) is 76.8 cm³/mol. The van der Waals surface area contributed by atoms with Gasteiger partial charge in [0, 0.05) is 19.6 Å². The van der Waals surface area contributed by atoms with Gasteiger partial charge in [0.2, 0.25) is 5.91 Å². The van der Waals surface area contributed by atoms with E-state index in [1.807, 2.05) is 0 Å². The number of hydrogen-bond acceptors (Lipinski definition) is 3. The number of amides is 1. The minimum absolute atomic E-state index is 0.224. The molecule has 4 heteroatoms. The highest BCUT2D eigenvalue weighted by Gasteiger charge is 2.15. The van der Waals surface area contributed by atoms with Gasteiger partial charge in [0.25, 0.3) is 0 Å². The maximum Gasteiger partial charge on any atom is 0.231 e. The highest BCUT2D eigenvalue weighted by molar-refractivity contribution is 5.75. The van der Waals surface area contributed by atoms with Crippen LogP contribution in [-0.2, 0) is 11.2 Å². The van der Waals surface area contributed by atoms with Crippen LogP contribution >= 0.6 is 0 Å². The first-order valence-electron chi connectivity index (χ1n) is 7.01. The maximum atomic E-state index is 10.9. The van der Waals surface area contributed by atoms with Crippen LogP contribution in [0, 0.1) is 0 Å². The van der Waals surface area contributed by atoms with Crippen LogP contribution in [0.4, 0.5) is 0 Å². The lowest BCUT2D eigenvalue weighted by Crippen LogP contribution is -2.37. The van der Waals surface area contributed by atoms with Crippen molar-refractivity contribution in [1.82, 2.24) is 9.80 Å². The van der Waals surface area contributed by atoms with E-state index >= 15 is 0 Å². The Bertz CT molecular complexity index is 394. The molecule has 2 rings (SSSR count). The number of primary amides is 1. The lowest BCUT2D eigenvalue weighted by atomic mass is 10.1. The molecule has 0 spiro atoms. The van der Waals surface area contributed by atoms with Gasteiger partial charge in [-0.2, -0.15) is 0 Å². The van der Waals surface area contributed by atoms with E-state index in [0.29, 0.717) is 6.54 Å². The van der Waals surface area contributed by atoms with Gasteiger partial charge in [-0.1, -0.05) is 30.3 Å². The van der Waals surface area contributed by atoms with E-state index in [1.165, 1.54) is 5.56 Å². The molecular formula is C15H23N3O. The van der Waals surface area contributed by atoms with Gasteiger partial charge in [-0.15, -0.1) is 0 Å². The molecule has 0 atom stereocenters. The molecule has 1 amide bonds. The summed E-state index contributed by atoms with van der Waals surface area (Å²) in [6.45, 7) is 5.55.